The Balaban J connectivity index is 2.15. The molecule has 0 aliphatic rings. The Kier molecular flexibility index (Phi) is 4.70. The fourth-order valence-electron chi connectivity index (χ4n) is 2.45. The van der Waals surface area contributed by atoms with E-state index in [1.807, 2.05) is 55.9 Å². The Hall–Kier alpha value is -1.37. The summed E-state index contributed by atoms with van der Waals surface area (Å²) >= 11 is 0. The van der Waals surface area contributed by atoms with Gasteiger partial charge in [-0.2, -0.15) is 0 Å². The van der Waals surface area contributed by atoms with Crippen LogP contribution in [0.1, 0.15) is 25.5 Å². The fraction of sp³-hybridized carbons (Fsp3) is 0.467. The van der Waals surface area contributed by atoms with Crippen LogP contribution in [-0.4, -0.2) is 30.4 Å². The van der Waals surface area contributed by atoms with Crippen molar-refractivity contribution in [1.82, 2.24) is 9.29 Å². The third kappa shape index (κ3) is 3.84. The van der Waals surface area contributed by atoms with Gasteiger partial charge in [0.1, 0.15) is 0 Å². The maximum atomic E-state index is 11.8. The Morgan fingerprint density at radius 1 is 1.29 bits per heavy atom. The molecule has 2 aromatic rings. The van der Waals surface area contributed by atoms with Gasteiger partial charge in [-0.25, -0.2) is 13.1 Å². The standard InChI is InChI=1S/C15H22N2O3S/c1-11(2)10-21(19,20)16-8-15(18)13-9-17(3)14-7-5-4-6-12(13)14/h4-7,9,11,15-16,18H,8,10H2,1-3H3. The van der Waals surface area contributed by atoms with Crippen LogP contribution in [0.5, 0.6) is 0 Å². The van der Waals surface area contributed by atoms with Crippen LogP contribution in [0.4, 0.5) is 0 Å². The van der Waals surface area contributed by atoms with E-state index in [0.29, 0.717) is 0 Å². The van der Waals surface area contributed by atoms with Crippen molar-refractivity contribution in [3.8, 4) is 0 Å². The molecule has 1 aromatic carbocycles. The first kappa shape index (κ1) is 16.0. The first-order valence-electron chi connectivity index (χ1n) is 6.99. The monoisotopic (exact) mass is 310 g/mol. The highest BCUT2D eigenvalue weighted by Crippen LogP contribution is 2.25. The van der Waals surface area contributed by atoms with Crippen LogP contribution in [-0.2, 0) is 17.1 Å². The van der Waals surface area contributed by atoms with Gasteiger partial charge in [0.25, 0.3) is 0 Å². The molecule has 0 radical (unpaired) electrons. The predicted octanol–water partition coefficient (Wildman–Crippen LogP) is 1.79. The molecular weight excluding hydrogens is 288 g/mol. The molecule has 1 unspecified atom stereocenters. The molecule has 0 spiro atoms. The molecule has 0 bridgehead atoms. The van der Waals surface area contributed by atoms with Gasteiger partial charge in [0.15, 0.2) is 0 Å². The van der Waals surface area contributed by atoms with Gasteiger partial charge < -0.3 is 9.67 Å². The molecule has 0 aliphatic carbocycles. The SMILES string of the molecule is CC(C)CS(=O)(=O)NCC(O)c1cn(C)c2ccccc12. The summed E-state index contributed by atoms with van der Waals surface area (Å²) in [6.45, 7) is 3.68. The normalized spacial score (nSPS) is 14.0. The first-order chi connectivity index (χ1) is 9.80. The molecule has 1 atom stereocenters. The molecular formula is C15H22N2O3S. The van der Waals surface area contributed by atoms with E-state index in [2.05, 4.69) is 4.72 Å². The summed E-state index contributed by atoms with van der Waals surface area (Å²) in [5.74, 6) is 0.118. The van der Waals surface area contributed by atoms with Crippen molar-refractivity contribution in [2.75, 3.05) is 12.3 Å². The van der Waals surface area contributed by atoms with Crippen LogP contribution >= 0.6 is 0 Å². The number of rotatable bonds is 6. The number of aliphatic hydroxyl groups is 1. The lowest BCUT2D eigenvalue weighted by atomic mass is 10.1. The Morgan fingerprint density at radius 3 is 2.62 bits per heavy atom. The van der Waals surface area contributed by atoms with Crippen molar-refractivity contribution in [2.45, 2.75) is 20.0 Å². The highest BCUT2D eigenvalue weighted by molar-refractivity contribution is 7.89. The van der Waals surface area contributed by atoms with Gasteiger partial charge >= 0.3 is 0 Å². The zero-order valence-electron chi connectivity index (χ0n) is 12.6. The van der Waals surface area contributed by atoms with Crippen LogP contribution in [0.25, 0.3) is 10.9 Å². The Labute approximate surface area is 125 Å². The van der Waals surface area contributed by atoms with Crippen molar-refractivity contribution in [3.63, 3.8) is 0 Å². The highest BCUT2D eigenvalue weighted by atomic mass is 32.2. The number of nitrogens with one attached hydrogen (secondary N) is 1. The number of aliphatic hydroxyl groups excluding tert-OH is 1. The molecule has 0 fully saturated rings. The van der Waals surface area contributed by atoms with Gasteiger partial charge in [-0.05, 0) is 12.0 Å². The van der Waals surface area contributed by atoms with Crippen molar-refractivity contribution < 1.29 is 13.5 Å². The van der Waals surface area contributed by atoms with Crippen molar-refractivity contribution >= 4 is 20.9 Å². The van der Waals surface area contributed by atoms with Gasteiger partial charge in [-0.1, -0.05) is 32.0 Å². The van der Waals surface area contributed by atoms with E-state index in [1.165, 1.54) is 0 Å². The summed E-state index contributed by atoms with van der Waals surface area (Å²) in [7, 11) is -1.44. The average Bonchev–Trinajstić information content (AvgIpc) is 2.73. The summed E-state index contributed by atoms with van der Waals surface area (Å²) in [6, 6.07) is 7.73. The van der Waals surface area contributed by atoms with Gasteiger partial charge in [0.2, 0.25) is 10.0 Å². The smallest absolute Gasteiger partial charge is 0.211 e. The Bertz CT molecular complexity index is 720. The maximum Gasteiger partial charge on any atom is 0.211 e. The number of nitrogens with zero attached hydrogens (tertiary/aromatic N) is 1. The van der Waals surface area contributed by atoms with Crippen LogP contribution in [0.3, 0.4) is 0 Å². The number of para-hydroxylation sites is 1. The van der Waals surface area contributed by atoms with E-state index < -0.39 is 16.1 Å². The minimum atomic E-state index is -3.35. The van der Waals surface area contributed by atoms with Crippen molar-refractivity contribution in [2.24, 2.45) is 13.0 Å². The molecule has 0 amide bonds. The topological polar surface area (TPSA) is 71.3 Å². The average molecular weight is 310 g/mol. The van der Waals surface area contributed by atoms with Crippen LogP contribution < -0.4 is 4.72 Å². The van der Waals surface area contributed by atoms with Gasteiger partial charge in [-0.15, -0.1) is 0 Å². The molecule has 0 saturated heterocycles. The van der Waals surface area contributed by atoms with E-state index in [9.17, 15) is 13.5 Å². The molecule has 2 rings (SSSR count). The van der Waals surface area contributed by atoms with Crippen LogP contribution in [0.2, 0.25) is 0 Å². The molecule has 2 N–H and O–H groups in total. The minimum Gasteiger partial charge on any atom is -0.387 e. The number of sulfonamides is 1. The number of fused-ring (bicyclic) bond motifs is 1. The van der Waals surface area contributed by atoms with E-state index >= 15 is 0 Å². The lowest BCUT2D eigenvalue weighted by Gasteiger charge is -2.13. The molecule has 0 aliphatic heterocycles. The van der Waals surface area contributed by atoms with Crippen LogP contribution in [0.15, 0.2) is 30.5 Å². The van der Waals surface area contributed by atoms with E-state index in [0.717, 1.165) is 16.5 Å². The quantitative estimate of drug-likeness (QED) is 0.854. The van der Waals surface area contributed by atoms with E-state index in [4.69, 9.17) is 0 Å². The summed E-state index contributed by atoms with van der Waals surface area (Å²) in [5.41, 5.74) is 1.75. The molecule has 5 nitrogen and oxygen atoms in total. The molecule has 6 heteroatoms. The first-order valence-corrected chi connectivity index (χ1v) is 8.65. The lowest BCUT2D eigenvalue weighted by molar-refractivity contribution is 0.183. The van der Waals surface area contributed by atoms with Crippen molar-refractivity contribution in [3.05, 3.63) is 36.0 Å². The number of hydrogen-bond donors (Lipinski definition) is 2. The van der Waals surface area contributed by atoms with Crippen LogP contribution in [0, 0.1) is 5.92 Å². The third-order valence-corrected chi connectivity index (χ3v) is 5.05. The van der Waals surface area contributed by atoms with Crippen molar-refractivity contribution in [1.29, 1.82) is 0 Å². The molecule has 21 heavy (non-hydrogen) atoms. The molecule has 116 valence electrons. The maximum absolute atomic E-state index is 11.8. The third-order valence-electron chi connectivity index (χ3n) is 3.34. The zero-order valence-corrected chi connectivity index (χ0v) is 13.4. The summed E-state index contributed by atoms with van der Waals surface area (Å²) in [5, 5.41) is 11.2. The minimum absolute atomic E-state index is 0.0109. The summed E-state index contributed by atoms with van der Waals surface area (Å²) in [6.07, 6.45) is 0.976. The Morgan fingerprint density at radius 2 is 1.95 bits per heavy atom. The predicted molar refractivity (Wildman–Crippen MR) is 84.5 cm³/mol. The molecule has 1 heterocycles. The largest absolute Gasteiger partial charge is 0.387 e. The van der Waals surface area contributed by atoms with Gasteiger partial charge in [0, 0.05) is 36.3 Å². The summed E-state index contributed by atoms with van der Waals surface area (Å²) in [4.78, 5) is 0. The zero-order chi connectivity index (χ0) is 15.6. The number of hydrogen-bond acceptors (Lipinski definition) is 3. The van der Waals surface area contributed by atoms with E-state index in [-0.39, 0.29) is 18.2 Å². The second-order valence-electron chi connectivity index (χ2n) is 5.75. The number of aryl methyl sites for hydroxylation is 1. The fourth-order valence-corrected chi connectivity index (χ4v) is 3.86. The van der Waals surface area contributed by atoms with E-state index in [1.54, 1.807) is 0 Å². The second-order valence-corrected chi connectivity index (χ2v) is 7.60. The summed E-state index contributed by atoms with van der Waals surface area (Å²) < 4.78 is 28.0. The van der Waals surface area contributed by atoms with Gasteiger partial charge in [0.05, 0.1) is 11.9 Å². The number of benzene rings is 1. The molecule has 1 aromatic heterocycles. The molecule has 0 saturated carbocycles. The highest BCUT2D eigenvalue weighted by Gasteiger charge is 2.18. The van der Waals surface area contributed by atoms with Gasteiger partial charge in [-0.3, -0.25) is 0 Å². The number of aromatic nitrogens is 1. The lowest BCUT2D eigenvalue weighted by Crippen LogP contribution is -2.32. The second kappa shape index (κ2) is 6.17.